The number of rotatable bonds is 13. The summed E-state index contributed by atoms with van der Waals surface area (Å²) in [6.07, 6.45) is 16.1. The van der Waals surface area contributed by atoms with Crippen LogP contribution in [-0.4, -0.2) is 65.7 Å². The largest absolute Gasteiger partial charge is 0.352 e. The molecule has 5 N–H and O–H groups in total. The first-order valence-corrected chi connectivity index (χ1v) is 14.3. The number of primary amides is 1. The van der Waals surface area contributed by atoms with E-state index < -0.39 is 41.8 Å². The van der Waals surface area contributed by atoms with E-state index in [1.165, 1.54) is 6.08 Å². The molecule has 0 aromatic heterocycles. The molecule has 0 aromatic rings. The highest BCUT2D eigenvalue weighted by atomic mass is 16.2. The highest BCUT2D eigenvalue weighted by molar-refractivity contribution is 6.38. The van der Waals surface area contributed by atoms with Gasteiger partial charge in [0.2, 0.25) is 17.6 Å². The van der Waals surface area contributed by atoms with E-state index in [4.69, 9.17) is 12.2 Å². The lowest BCUT2D eigenvalue weighted by Gasteiger charge is -2.35. The van der Waals surface area contributed by atoms with E-state index in [-0.39, 0.29) is 36.6 Å². The molecule has 3 rings (SSSR count). The molecule has 1 heterocycles. The second kappa shape index (κ2) is 14.7. The molecule has 0 aromatic carbocycles. The van der Waals surface area contributed by atoms with E-state index >= 15 is 0 Å². The number of terminal acetylenes is 1. The number of nitrogens with zero attached hydrogens (tertiary/aromatic N) is 1. The number of carbonyl (C=O) groups is 5. The SMILES string of the molecule is C#CCCCCC(NC(=O)[C@@H]1[C@H]2CCC[C@H]2CN1C(=O)[C@@H](NC(N)=O)C1CCCCC1)C(=O)C(=O)NCC=C. The molecular weight excluding hydrogens is 498 g/mol. The van der Waals surface area contributed by atoms with Crippen molar-refractivity contribution in [2.24, 2.45) is 23.5 Å². The van der Waals surface area contributed by atoms with E-state index in [0.29, 0.717) is 25.8 Å². The zero-order valence-corrected chi connectivity index (χ0v) is 22.8. The third-order valence-corrected chi connectivity index (χ3v) is 8.45. The lowest BCUT2D eigenvalue weighted by molar-refractivity contribution is -0.144. The third-order valence-electron chi connectivity index (χ3n) is 8.45. The fourth-order valence-corrected chi connectivity index (χ4v) is 6.56. The first-order chi connectivity index (χ1) is 18.8. The molecule has 0 spiro atoms. The number of likely N-dealkylation sites (tertiary alicyclic amines) is 1. The Hall–Kier alpha value is -3.35. The summed E-state index contributed by atoms with van der Waals surface area (Å²) in [6.45, 7) is 4.10. The summed E-state index contributed by atoms with van der Waals surface area (Å²) >= 11 is 0. The van der Waals surface area contributed by atoms with Gasteiger partial charge < -0.3 is 26.6 Å². The van der Waals surface area contributed by atoms with Gasteiger partial charge in [0, 0.05) is 19.5 Å². The van der Waals surface area contributed by atoms with Crippen LogP contribution < -0.4 is 21.7 Å². The number of carbonyl (C=O) groups excluding carboxylic acids is 5. The van der Waals surface area contributed by atoms with Crippen molar-refractivity contribution < 1.29 is 24.0 Å². The van der Waals surface area contributed by atoms with Gasteiger partial charge in [-0.2, -0.15) is 0 Å². The second-order valence-corrected chi connectivity index (χ2v) is 11.0. The monoisotopic (exact) mass is 541 g/mol. The third kappa shape index (κ3) is 7.84. The normalized spacial score (nSPS) is 24.1. The van der Waals surface area contributed by atoms with Crippen molar-refractivity contribution in [1.29, 1.82) is 0 Å². The number of Topliss-reactive ketones (excluding diaryl/α,β-unsaturated/α-hetero) is 1. The Morgan fingerprint density at radius 2 is 1.77 bits per heavy atom. The van der Waals surface area contributed by atoms with Crippen LogP contribution in [0.3, 0.4) is 0 Å². The summed E-state index contributed by atoms with van der Waals surface area (Å²) < 4.78 is 0. The first kappa shape index (κ1) is 30.2. The van der Waals surface area contributed by atoms with Crippen LogP contribution in [0.2, 0.25) is 0 Å². The van der Waals surface area contributed by atoms with Crippen molar-refractivity contribution in [3.8, 4) is 12.3 Å². The van der Waals surface area contributed by atoms with Gasteiger partial charge in [-0.1, -0.05) is 31.8 Å². The number of amides is 5. The van der Waals surface area contributed by atoms with Gasteiger partial charge in [0.1, 0.15) is 12.1 Å². The Bertz CT molecular complexity index is 970. The summed E-state index contributed by atoms with van der Waals surface area (Å²) in [6, 6.07) is -3.36. The van der Waals surface area contributed by atoms with Gasteiger partial charge in [-0.05, 0) is 62.7 Å². The lowest BCUT2D eigenvalue weighted by atomic mass is 9.83. The lowest BCUT2D eigenvalue weighted by Crippen LogP contribution is -2.59. The van der Waals surface area contributed by atoms with Crippen molar-refractivity contribution in [3.63, 3.8) is 0 Å². The molecule has 0 radical (unpaired) electrons. The highest BCUT2D eigenvalue weighted by Gasteiger charge is 2.51. The average Bonchev–Trinajstić information content (AvgIpc) is 3.53. The fraction of sp³-hybridized carbons (Fsp3) is 0.690. The summed E-state index contributed by atoms with van der Waals surface area (Å²) in [4.78, 5) is 66.6. The maximum atomic E-state index is 13.9. The van der Waals surface area contributed by atoms with Gasteiger partial charge in [-0.15, -0.1) is 18.9 Å². The number of hydrogen-bond acceptors (Lipinski definition) is 5. The molecule has 1 saturated heterocycles. The highest BCUT2D eigenvalue weighted by Crippen LogP contribution is 2.43. The van der Waals surface area contributed by atoms with Gasteiger partial charge in [-0.3, -0.25) is 19.2 Å². The van der Waals surface area contributed by atoms with Crippen molar-refractivity contribution in [2.75, 3.05) is 13.1 Å². The molecule has 2 saturated carbocycles. The molecular formula is C29H43N5O5. The minimum Gasteiger partial charge on any atom is -0.352 e. The first-order valence-electron chi connectivity index (χ1n) is 14.3. The molecule has 5 amide bonds. The van der Waals surface area contributed by atoms with Gasteiger partial charge in [0.15, 0.2) is 0 Å². The zero-order chi connectivity index (χ0) is 28.4. The van der Waals surface area contributed by atoms with E-state index in [0.717, 1.165) is 51.4 Å². The molecule has 1 aliphatic heterocycles. The van der Waals surface area contributed by atoms with Crippen LogP contribution >= 0.6 is 0 Å². The molecule has 10 nitrogen and oxygen atoms in total. The van der Waals surface area contributed by atoms with Crippen LogP contribution in [0.5, 0.6) is 0 Å². The maximum absolute atomic E-state index is 13.9. The van der Waals surface area contributed by atoms with Crippen LogP contribution in [0.25, 0.3) is 0 Å². The molecule has 3 fully saturated rings. The zero-order valence-electron chi connectivity index (χ0n) is 22.8. The van der Waals surface area contributed by atoms with E-state index in [2.05, 4.69) is 28.4 Å². The summed E-state index contributed by atoms with van der Waals surface area (Å²) in [7, 11) is 0. The van der Waals surface area contributed by atoms with E-state index in [9.17, 15) is 24.0 Å². The molecule has 2 aliphatic carbocycles. The summed E-state index contributed by atoms with van der Waals surface area (Å²) in [5.74, 6) is 0.384. The van der Waals surface area contributed by atoms with Crippen LogP contribution in [0.15, 0.2) is 12.7 Å². The van der Waals surface area contributed by atoms with Gasteiger partial charge in [0.25, 0.3) is 5.91 Å². The molecule has 0 bridgehead atoms. The Kier molecular flexibility index (Phi) is 11.4. The Morgan fingerprint density at radius 3 is 2.44 bits per heavy atom. The number of ketones is 1. The molecule has 3 aliphatic rings. The molecule has 1 unspecified atom stereocenters. The van der Waals surface area contributed by atoms with Gasteiger partial charge in [0.05, 0.1) is 6.04 Å². The fourth-order valence-electron chi connectivity index (χ4n) is 6.56. The minimum atomic E-state index is -1.03. The average molecular weight is 542 g/mol. The Labute approximate surface area is 231 Å². The molecule has 39 heavy (non-hydrogen) atoms. The Morgan fingerprint density at radius 1 is 1.03 bits per heavy atom. The van der Waals surface area contributed by atoms with Crippen molar-refractivity contribution in [2.45, 2.75) is 95.2 Å². The van der Waals surface area contributed by atoms with Crippen LogP contribution in [0.1, 0.15) is 77.0 Å². The predicted molar refractivity (Wildman–Crippen MR) is 147 cm³/mol. The van der Waals surface area contributed by atoms with Crippen LogP contribution in [0.4, 0.5) is 4.79 Å². The maximum Gasteiger partial charge on any atom is 0.312 e. The number of nitrogens with one attached hydrogen (secondary N) is 3. The van der Waals surface area contributed by atoms with Crippen molar-refractivity contribution in [3.05, 3.63) is 12.7 Å². The minimum absolute atomic E-state index is 0.0399. The standard InChI is InChI=1S/C29H43N5O5/c1-3-5-6-10-16-22(25(35)27(37)31-17-4-2)32-26(36)24-21-15-11-14-20(21)18-34(24)28(38)23(33-29(30)39)19-12-8-7-9-13-19/h1,4,19-24H,2,5-18H2,(H,31,37)(H,32,36)(H3,30,33,39)/t20-,21-,22?,23-,24-/m0/s1. The number of hydrogen-bond donors (Lipinski definition) is 4. The van der Waals surface area contributed by atoms with Gasteiger partial charge >= 0.3 is 6.03 Å². The van der Waals surface area contributed by atoms with Crippen LogP contribution in [-0.2, 0) is 19.2 Å². The number of fused-ring (bicyclic) bond motifs is 1. The van der Waals surface area contributed by atoms with Crippen molar-refractivity contribution >= 4 is 29.5 Å². The van der Waals surface area contributed by atoms with E-state index in [1.807, 2.05) is 0 Å². The number of nitrogens with two attached hydrogens (primary N) is 1. The summed E-state index contributed by atoms with van der Waals surface area (Å²) in [5.41, 5.74) is 5.46. The van der Waals surface area contributed by atoms with E-state index in [1.54, 1.807) is 4.90 Å². The number of unbranched alkanes of at least 4 members (excludes halogenated alkanes) is 2. The quantitative estimate of drug-likeness (QED) is 0.121. The van der Waals surface area contributed by atoms with Gasteiger partial charge in [-0.25, -0.2) is 4.79 Å². The van der Waals surface area contributed by atoms with Crippen molar-refractivity contribution in [1.82, 2.24) is 20.9 Å². The van der Waals surface area contributed by atoms with Crippen LogP contribution in [0, 0.1) is 30.1 Å². The predicted octanol–water partition coefficient (Wildman–Crippen LogP) is 1.78. The Balaban J connectivity index is 1.81. The molecule has 10 heteroatoms. The summed E-state index contributed by atoms with van der Waals surface area (Å²) in [5, 5.41) is 7.97. The smallest absolute Gasteiger partial charge is 0.312 e. The topological polar surface area (TPSA) is 151 Å². The second-order valence-electron chi connectivity index (χ2n) is 11.0. The molecule has 214 valence electrons. The molecule has 5 atom stereocenters. The number of urea groups is 1.